The van der Waals surface area contributed by atoms with Crippen molar-refractivity contribution in [2.75, 3.05) is 0 Å². The molecule has 0 aliphatic rings. The Bertz CT molecular complexity index is 1480. The molecule has 1 amide bonds. The largest absolute Gasteiger partial charge is 0.480 e. The maximum atomic E-state index is 12.9. The van der Waals surface area contributed by atoms with Crippen LogP contribution in [0, 0.1) is 0 Å². The zero-order valence-corrected chi connectivity index (χ0v) is 28.1. The number of hydrogen-bond donors (Lipinski definition) is 2. The topological polar surface area (TPSA) is 88.0 Å². The number of amides is 1. The molecule has 0 heterocycles. The molecule has 0 fully saturated rings. The summed E-state index contributed by atoms with van der Waals surface area (Å²) in [6.07, 6.45) is 5.04. The van der Waals surface area contributed by atoms with E-state index in [4.69, 9.17) is 4.84 Å². The normalized spacial score (nSPS) is 13.2. The fourth-order valence-corrected chi connectivity index (χ4v) is 5.29. The zero-order chi connectivity index (χ0) is 33.1. The molecular weight excluding hydrogens is 560 g/mol. The number of hydrogen-bond acceptors (Lipinski definition) is 4. The van der Waals surface area contributed by atoms with Crippen LogP contribution >= 0.6 is 0 Å². The Hall–Kier alpha value is -4.19. The van der Waals surface area contributed by atoms with Crippen LogP contribution in [0.15, 0.2) is 78.5 Å². The molecule has 45 heavy (non-hydrogen) atoms. The van der Waals surface area contributed by atoms with Gasteiger partial charge in [0.05, 0.1) is 5.71 Å². The molecule has 240 valence electrons. The van der Waals surface area contributed by atoms with E-state index >= 15 is 0 Å². The van der Waals surface area contributed by atoms with E-state index in [0.717, 1.165) is 53.6 Å². The monoisotopic (exact) mass is 610 g/mol. The van der Waals surface area contributed by atoms with Crippen molar-refractivity contribution in [2.24, 2.45) is 5.16 Å². The second-order valence-electron chi connectivity index (χ2n) is 12.8. The first kappa shape index (κ1) is 35.3. The van der Waals surface area contributed by atoms with Crippen molar-refractivity contribution in [3.8, 4) is 0 Å². The molecule has 2 unspecified atom stereocenters. The van der Waals surface area contributed by atoms with E-state index in [-0.39, 0.29) is 11.8 Å². The maximum Gasteiger partial charge on any atom is 0.326 e. The van der Waals surface area contributed by atoms with Gasteiger partial charge in [0.15, 0.2) is 5.76 Å². The van der Waals surface area contributed by atoms with E-state index in [0.29, 0.717) is 23.7 Å². The van der Waals surface area contributed by atoms with Gasteiger partial charge in [-0.15, -0.1) is 0 Å². The van der Waals surface area contributed by atoms with Crippen LogP contribution in [-0.4, -0.2) is 28.7 Å². The third-order valence-corrected chi connectivity index (χ3v) is 8.38. The zero-order valence-electron chi connectivity index (χ0n) is 28.1. The summed E-state index contributed by atoms with van der Waals surface area (Å²) in [5.74, 6) is -0.518. The summed E-state index contributed by atoms with van der Waals surface area (Å²) in [5.41, 5.74) is 7.56. The summed E-state index contributed by atoms with van der Waals surface area (Å²) >= 11 is 0. The van der Waals surface area contributed by atoms with Crippen molar-refractivity contribution in [3.63, 3.8) is 0 Å². The first-order valence-electron chi connectivity index (χ1n) is 16.2. The number of aliphatic carboxylic acids is 1. The van der Waals surface area contributed by atoms with Crippen LogP contribution in [0.25, 0.3) is 5.76 Å². The van der Waals surface area contributed by atoms with E-state index in [1.54, 1.807) is 12.1 Å². The molecule has 0 spiro atoms. The molecule has 0 bridgehead atoms. The van der Waals surface area contributed by atoms with Crippen molar-refractivity contribution in [3.05, 3.63) is 112 Å². The number of rotatable bonds is 15. The average molecular weight is 611 g/mol. The van der Waals surface area contributed by atoms with Crippen LogP contribution in [0.5, 0.6) is 0 Å². The molecule has 0 aliphatic heterocycles. The molecule has 2 atom stereocenters. The van der Waals surface area contributed by atoms with E-state index in [1.165, 1.54) is 11.1 Å². The van der Waals surface area contributed by atoms with Gasteiger partial charge in [-0.3, -0.25) is 4.79 Å². The number of carbonyl (C=O) groups excluding carboxylic acids is 1. The Morgan fingerprint density at radius 1 is 0.956 bits per heavy atom. The lowest BCUT2D eigenvalue weighted by molar-refractivity contribution is -0.139. The lowest BCUT2D eigenvalue weighted by Crippen LogP contribution is -2.42. The average Bonchev–Trinajstić information content (AvgIpc) is 3.03. The minimum atomic E-state index is -1.09. The number of oxime groups is 1. The Morgan fingerprint density at radius 2 is 1.60 bits per heavy atom. The van der Waals surface area contributed by atoms with E-state index < -0.39 is 17.9 Å². The highest BCUT2D eigenvalue weighted by atomic mass is 16.6. The molecule has 0 aliphatic carbocycles. The third-order valence-electron chi connectivity index (χ3n) is 8.38. The van der Waals surface area contributed by atoms with Crippen molar-refractivity contribution in [1.82, 2.24) is 5.32 Å². The molecular formula is C39H50N2O4. The summed E-state index contributed by atoms with van der Waals surface area (Å²) in [4.78, 5) is 30.8. The Balaban J connectivity index is 1.72. The number of carboxylic acid groups (broad SMARTS) is 1. The molecule has 3 aromatic carbocycles. The highest BCUT2D eigenvalue weighted by Gasteiger charge is 2.22. The molecule has 3 aromatic rings. The number of benzene rings is 3. The summed E-state index contributed by atoms with van der Waals surface area (Å²) in [6, 6.07) is 20.1. The number of nitrogens with one attached hydrogen (secondary N) is 1. The van der Waals surface area contributed by atoms with Crippen molar-refractivity contribution < 1.29 is 19.5 Å². The summed E-state index contributed by atoms with van der Waals surface area (Å²) in [6.45, 7) is 19.2. The van der Waals surface area contributed by atoms with Gasteiger partial charge in [0.25, 0.3) is 5.91 Å². The van der Waals surface area contributed by atoms with Gasteiger partial charge in [-0.05, 0) is 77.0 Å². The van der Waals surface area contributed by atoms with Gasteiger partial charge in [-0.1, -0.05) is 121 Å². The fourth-order valence-electron chi connectivity index (χ4n) is 5.29. The highest BCUT2D eigenvalue weighted by Crippen LogP contribution is 2.31. The van der Waals surface area contributed by atoms with Crippen LogP contribution < -0.4 is 5.32 Å². The number of nitrogens with zero attached hydrogens (tertiary/aromatic N) is 1. The molecule has 0 saturated heterocycles. The van der Waals surface area contributed by atoms with E-state index in [1.807, 2.05) is 43.3 Å². The second-order valence-corrected chi connectivity index (χ2v) is 12.8. The van der Waals surface area contributed by atoms with E-state index in [2.05, 4.69) is 76.8 Å². The quantitative estimate of drug-likeness (QED) is 0.102. The lowest BCUT2D eigenvalue weighted by Gasteiger charge is -2.19. The SMILES string of the molecule is C=C(O/N=C(\CC)c1ccc(CC(NC(=O)c2ccc(C(C)(C)C)cc2)C(=O)O)cc1)c1cccc(C(C)CC)c1CCCC. The van der Waals surface area contributed by atoms with Crippen LogP contribution in [-0.2, 0) is 27.9 Å². The lowest BCUT2D eigenvalue weighted by atomic mass is 9.86. The molecule has 6 nitrogen and oxygen atoms in total. The van der Waals surface area contributed by atoms with Crippen LogP contribution in [0.2, 0.25) is 0 Å². The number of carboxylic acids is 1. The smallest absolute Gasteiger partial charge is 0.326 e. The summed E-state index contributed by atoms with van der Waals surface area (Å²) in [7, 11) is 0. The molecule has 0 saturated carbocycles. The minimum absolute atomic E-state index is 0.0377. The van der Waals surface area contributed by atoms with Gasteiger partial charge in [-0.2, -0.15) is 0 Å². The number of unbranched alkanes of at least 4 members (excludes halogenated alkanes) is 1. The fraction of sp³-hybridized carbons (Fsp3) is 0.410. The van der Waals surface area contributed by atoms with Crippen molar-refractivity contribution in [2.45, 2.75) is 104 Å². The van der Waals surface area contributed by atoms with Crippen LogP contribution in [0.1, 0.15) is 124 Å². The highest BCUT2D eigenvalue weighted by molar-refractivity contribution is 6.00. The van der Waals surface area contributed by atoms with Gasteiger partial charge in [-0.25, -0.2) is 4.79 Å². The summed E-state index contributed by atoms with van der Waals surface area (Å²) < 4.78 is 0. The van der Waals surface area contributed by atoms with Crippen molar-refractivity contribution in [1.29, 1.82) is 0 Å². The molecule has 6 heteroatoms. The first-order valence-corrected chi connectivity index (χ1v) is 16.2. The van der Waals surface area contributed by atoms with E-state index in [9.17, 15) is 14.7 Å². The Morgan fingerprint density at radius 3 is 2.16 bits per heavy atom. The molecule has 2 N–H and O–H groups in total. The molecule has 0 radical (unpaired) electrons. The van der Waals surface area contributed by atoms with Crippen LogP contribution in [0.3, 0.4) is 0 Å². The first-order chi connectivity index (χ1) is 21.4. The van der Waals surface area contributed by atoms with Crippen LogP contribution in [0.4, 0.5) is 0 Å². The predicted molar refractivity (Wildman–Crippen MR) is 185 cm³/mol. The van der Waals surface area contributed by atoms with Gasteiger partial charge in [0, 0.05) is 17.5 Å². The minimum Gasteiger partial charge on any atom is -0.480 e. The standard InChI is InChI=1S/C39H50N2O4/c1-9-12-14-34-32(26(4)10-2)15-13-16-33(34)27(5)45-41-35(11-3)29-19-17-28(18-20-29)25-36(38(43)44)40-37(42)30-21-23-31(24-22-30)39(6,7)8/h13,15-24,26,36H,5,9-12,14,25H2,1-4,6-8H3,(H,40,42)(H,43,44)/b41-35+. The van der Waals surface area contributed by atoms with Crippen molar-refractivity contribution >= 4 is 23.3 Å². The molecule has 0 aromatic heterocycles. The Labute approximate surface area is 269 Å². The third kappa shape index (κ3) is 9.65. The Kier molecular flexibility index (Phi) is 12.7. The van der Waals surface area contributed by atoms with Gasteiger partial charge < -0.3 is 15.3 Å². The van der Waals surface area contributed by atoms with Gasteiger partial charge in [0.2, 0.25) is 0 Å². The summed E-state index contributed by atoms with van der Waals surface area (Å²) in [5, 5.41) is 17.0. The predicted octanol–water partition coefficient (Wildman–Crippen LogP) is 9.07. The van der Waals surface area contributed by atoms with Gasteiger partial charge >= 0.3 is 5.97 Å². The molecule has 3 rings (SSSR count). The number of carbonyl (C=O) groups is 2. The van der Waals surface area contributed by atoms with Gasteiger partial charge in [0.1, 0.15) is 6.04 Å². The maximum absolute atomic E-state index is 12.9. The second kappa shape index (κ2) is 16.2.